The zero-order valence-corrected chi connectivity index (χ0v) is 15.3. The molecule has 2 aromatic carbocycles. The van der Waals surface area contributed by atoms with E-state index >= 15 is 0 Å². The van der Waals surface area contributed by atoms with Gasteiger partial charge in [-0.25, -0.2) is 4.98 Å². The zero-order valence-electron chi connectivity index (χ0n) is 15.3. The quantitative estimate of drug-likeness (QED) is 0.549. The fourth-order valence-electron chi connectivity index (χ4n) is 2.66. The summed E-state index contributed by atoms with van der Waals surface area (Å²) in [5.41, 5.74) is 1.47. The van der Waals surface area contributed by atoms with Crippen molar-refractivity contribution in [2.75, 3.05) is 6.61 Å². The highest BCUT2D eigenvalue weighted by molar-refractivity contribution is 5.61. The molecule has 0 aliphatic rings. The van der Waals surface area contributed by atoms with E-state index in [4.69, 9.17) is 9.26 Å². The average Bonchev–Trinajstić information content (AvgIpc) is 3.23. The predicted molar refractivity (Wildman–Crippen MR) is 105 cm³/mol. The SMILES string of the molecule is CCCOc1ccc(-c2noc(-c3cnc(-c4ccccc4)[nH]c3=O)n2)cc1. The minimum atomic E-state index is -0.340. The van der Waals surface area contributed by atoms with Gasteiger partial charge in [0.15, 0.2) is 0 Å². The molecule has 28 heavy (non-hydrogen) atoms. The number of aromatic amines is 1. The molecular formula is C21H18N4O3. The van der Waals surface area contributed by atoms with Crippen LogP contribution in [0.2, 0.25) is 0 Å². The summed E-state index contributed by atoms with van der Waals surface area (Å²) in [6.45, 7) is 2.72. The van der Waals surface area contributed by atoms with E-state index in [2.05, 4.69) is 27.0 Å². The van der Waals surface area contributed by atoms with Crippen LogP contribution in [0.15, 0.2) is 70.1 Å². The summed E-state index contributed by atoms with van der Waals surface area (Å²) in [4.78, 5) is 23.9. The van der Waals surface area contributed by atoms with Crippen molar-refractivity contribution in [3.05, 3.63) is 71.1 Å². The molecule has 0 unspecified atom stereocenters. The Bertz CT molecular complexity index is 1120. The minimum absolute atomic E-state index is 0.120. The molecule has 0 atom stereocenters. The fourth-order valence-corrected chi connectivity index (χ4v) is 2.66. The van der Waals surface area contributed by atoms with Crippen molar-refractivity contribution in [3.8, 4) is 40.0 Å². The molecule has 1 N–H and O–H groups in total. The van der Waals surface area contributed by atoms with Gasteiger partial charge >= 0.3 is 0 Å². The van der Waals surface area contributed by atoms with E-state index in [0.717, 1.165) is 23.3 Å². The summed E-state index contributed by atoms with van der Waals surface area (Å²) in [5, 5.41) is 3.97. The van der Waals surface area contributed by atoms with E-state index in [1.807, 2.05) is 54.6 Å². The first-order valence-corrected chi connectivity index (χ1v) is 8.96. The van der Waals surface area contributed by atoms with Gasteiger partial charge in [0.2, 0.25) is 5.82 Å². The van der Waals surface area contributed by atoms with Crippen molar-refractivity contribution >= 4 is 0 Å². The number of nitrogens with zero attached hydrogens (tertiary/aromatic N) is 3. The Kier molecular flexibility index (Phi) is 4.97. The minimum Gasteiger partial charge on any atom is -0.494 e. The molecule has 0 amide bonds. The van der Waals surface area contributed by atoms with E-state index in [0.29, 0.717) is 18.3 Å². The second-order valence-corrected chi connectivity index (χ2v) is 6.14. The molecule has 7 heteroatoms. The first kappa shape index (κ1) is 17.7. The molecule has 0 saturated carbocycles. The van der Waals surface area contributed by atoms with E-state index in [9.17, 15) is 4.79 Å². The highest BCUT2D eigenvalue weighted by Crippen LogP contribution is 2.23. The molecule has 2 heterocycles. The third-order valence-electron chi connectivity index (χ3n) is 4.09. The van der Waals surface area contributed by atoms with Gasteiger partial charge in [-0.2, -0.15) is 4.98 Å². The van der Waals surface area contributed by atoms with Crippen molar-refractivity contribution in [2.24, 2.45) is 0 Å². The summed E-state index contributed by atoms with van der Waals surface area (Å²) in [6.07, 6.45) is 2.39. The average molecular weight is 374 g/mol. The van der Waals surface area contributed by atoms with Crippen molar-refractivity contribution in [1.29, 1.82) is 0 Å². The Morgan fingerprint density at radius 2 is 1.82 bits per heavy atom. The first-order chi connectivity index (χ1) is 13.7. The maximum atomic E-state index is 12.5. The lowest BCUT2D eigenvalue weighted by Gasteiger charge is -2.03. The van der Waals surface area contributed by atoms with Crippen LogP contribution in [0.1, 0.15) is 13.3 Å². The molecule has 0 saturated heterocycles. The number of benzene rings is 2. The van der Waals surface area contributed by atoms with E-state index in [-0.39, 0.29) is 17.0 Å². The molecule has 0 aliphatic carbocycles. The van der Waals surface area contributed by atoms with Gasteiger partial charge in [0.25, 0.3) is 11.4 Å². The van der Waals surface area contributed by atoms with Gasteiger partial charge in [0.05, 0.1) is 6.61 Å². The van der Waals surface area contributed by atoms with Gasteiger partial charge in [-0.15, -0.1) is 0 Å². The van der Waals surface area contributed by atoms with Gasteiger partial charge in [-0.1, -0.05) is 42.4 Å². The van der Waals surface area contributed by atoms with Crippen LogP contribution in [0.3, 0.4) is 0 Å². The van der Waals surface area contributed by atoms with Crippen LogP contribution < -0.4 is 10.3 Å². The first-order valence-electron chi connectivity index (χ1n) is 8.96. The Hall–Kier alpha value is -3.74. The Morgan fingerprint density at radius 3 is 2.54 bits per heavy atom. The third kappa shape index (κ3) is 3.68. The third-order valence-corrected chi connectivity index (χ3v) is 4.09. The second-order valence-electron chi connectivity index (χ2n) is 6.14. The number of ether oxygens (including phenoxy) is 1. The fraction of sp³-hybridized carbons (Fsp3) is 0.143. The van der Waals surface area contributed by atoms with Gasteiger partial charge in [0.1, 0.15) is 17.1 Å². The van der Waals surface area contributed by atoms with Crippen LogP contribution in [0.5, 0.6) is 5.75 Å². The molecule has 0 radical (unpaired) electrons. The zero-order chi connectivity index (χ0) is 19.3. The lowest BCUT2D eigenvalue weighted by Crippen LogP contribution is -2.11. The predicted octanol–water partition coefficient (Wildman–Crippen LogP) is 3.94. The molecular weight excluding hydrogens is 356 g/mol. The molecule has 4 aromatic rings. The van der Waals surface area contributed by atoms with Crippen LogP contribution in [0, 0.1) is 0 Å². The number of H-pyrrole nitrogens is 1. The van der Waals surface area contributed by atoms with Crippen LogP contribution in [0.4, 0.5) is 0 Å². The standard InChI is InChI=1S/C21H18N4O3/c1-2-12-27-16-10-8-15(9-11-16)19-24-21(28-25-19)17-13-22-18(23-20(17)26)14-6-4-3-5-7-14/h3-11,13H,2,12H2,1H3,(H,22,23,26). The summed E-state index contributed by atoms with van der Waals surface area (Å²) < 4.78 is 10.8. The number of aromatic nitrogens is 4. The molecule has 0 fully saturated rings. The van der Waals surface area contributed by atoms with Crippen LogP contribution in [-0.2, 0) is 0 Å². The van der Waals surface area contributed by atoms with Gasteiger partial charge in [-0.3, -0.25) is 4.79 Å². The van der Waals surface area contributed by atoms with E-state index in [1.165, 1.54) is 6.20 Å². The smallest absolute Gasteiger partial charge is 0.265 e. The van der Waals surface area contributed by atoms with Crippen LogP contribution in [-0.4, -0.2) is 26.7 Å². The van der Waals surface area contributed by atoms with Crippen molar-refractivity contribution < 1.29 is 9.26 Å². The number of hydrogen-bond acceptors (Lipinski definition) is 6. The largest absolute Gasteiger partial charge is 0.494 e. The van der Waals surface area contributed by atoms with Crippen molar-refractivity contribution in [3.63, 3.8) is 0 Å². The summed E-state index contributed by atoms with van der Waals surface area (Å²) >= 11 is 0. The van der Waals surface area contributed by atoms with Crippen molar-refractivity contribution in [2.45, 2.75) is 13.3 Å². The Balaban J connectivity index is 1.58. The van der Waals surface area contributed by atoms with Gasteiger partial charge in [0, 0.05) is 17.3 Å². The topological polar surface area (TPSA) is 93.9 Å². The molecule has 2 aromatic heterocycles. The van der Waals surface area contributed by atoms with Crippen LogP contribution >= 0.6 is 0 Å². The van der Waals surface area contributed by atoms with Crippen molar-refractivity contribution in [1.82, 2.24) is 20.1 Å². The highest BCUT2D eigenvalue weighted by Gasteiger charge is 2.15. The van der Waals surface area contributed by atoms with Gasteiger partial charge in [-0.05, 0) is 30.7 Å². The molecule has 0 spiro atoms. The molecule has 0 bridgehead atoms. The normalized spacial score (nSPS) is 10.8. The molecule has 7 nitrogen and oxygen atoms in total. The Morgan fingerprint density at radius 1 is 1.04 bits per heavy atom. The lowest BCUT2D eigenvalue weighted by molar-refractivity contribution is 0.317. The maximum Gasteiger partial charge on any atom is 0.265 e. The van der Waals surface area contributed by atoms with Gasteiger partial charge < -0.3 is 14.2 Å². The maximum absolute atomic E-state index is 12.5. The summed E-state index contributed by atoms with van der Waals surface area (Å²) in [5.74, 6) is 1.78. The highest BCUT2D eigenvalue weighted by atomic mass is 16.5. The molecule has 0 aliphatic heterocycles. The monoisotopic (exact) mass is 374 g/mol. The second kappa shape index (κ2) is 7.87. The number of rotatable bonds is 6. The number of hydrogen-bond donors (Lipinski definition) is 1. The molecule has 140 valence electrons. The molecule has 4 rings (SSSR count). The number of nitrogens with one attached hydrogen (secondary N) is 1. The van der Waals surface area contributed by atoms with Crippen LogP contribution in [0.25, 0.3) is 34.2 Å². The van der Waals surface area contributed by atoms with E-state index in [1.54, 1.807) is 0 Å². The summed E-state index contributed by atoms with van der Waals surface area (Å²) in [6, 6.07) is 16.8. The lowest BCUT2D eigenvalue weighted by atomic mass is 10.2. The Labute approximate surface area is 161 Å². The summed E-state index contributed by atoms with van der Waals surface area (Å²) in [7, 11) is 0. The van der Waals surface area contributed by atoms with E-state index < -0.39 is 0 Å².